The molecule has 1 N–H and O–H groups in total. The third kappa shape index (κ3) is 3.29. The first kappa shape index (κ1) is 13.4. The molecule has 0 aromatic heterocycles. The van der Waals surface area contributed by atoms with Gasteiger partial charge in [-0.05, 0) is 55.0 Å². The highest BCUT2D eigenvalue weighted by molar-refractivity contribution is 5.85. The third-order valence-electron chi connectivity index (χ3n) is 4.20. The minimum absolute atomic E-state index is 0.967. The molecule has 1 heteroatoms. The number of nitrogens with one attached hydrogen (secondary N) is 1. The lowest BCUT2D eigenvalue weighted by Gasteiger charge is -2.13. The summed E-state index contributed by atoms with van der Waals surface area (Å²) in [6, 6.07) is 15.2. The van der Waals surface area contributed by atoms with E-state index in [0.717, 1.165) is 13.1 Å². The molecule has 2 aromatic rings. The summed E-state index contributed by atoms with van der Waals surface area (Å²) in [5, 5.41) is 6.31. The summed E-state index contributed by atoms with van der Waals surface area (Å²) in [4.78, 5) is 0. The van der Waals surface area contributed by atoms with E-state index in [0.29, 0.717) is 0 Å². The Balaban J connectivity index is 1.56. The molecule has 1 aliphatic carbocycles. The molecular weight excluding hydrogens is 242 g/mol. The van der Waals surface area contributed by atoms with Gasteiger partial charge in [-0.15, -0.1) is 0 Å². The van der Waals surface area contributed by atoms with Crippen molar-refractivity contribution >= 4 is 10.8 Å². The maximum Gasteiger partial charge on any atom is 0.0211 e. The van der Waals surface area contributed by atoms with Gasteiger partial charge in [0.15, 0.2) is 0 Å². The summed E-state index contributed by atoms with van der Waals surface area (Å²) in [7, 11) is 0. The monoisotopic (exact) mass is 265 g/mol. The van der Waals surface area contributed by atoms with E-state index in [-0.39, 0.29) is 0 Å². The first-order valence-corrected chi connectivity index (χ1v) is 7.79. The number of hydrogen-bond acceptors (Lipinski definition) is 1. The topological polar surface area (TPSA) is 12.0 Å². The van der Waals surface area contributed by atoms with Gasteiger partial charge in [0.1, 0.15) is 0 Å². The second kappa shape index (κ2) is 6.71. The molecule has 3 rings (SSSR count). The van der Waals surface area contributed by atoms with Crippen LogP contribution < -0.4 is 5.32 Å². The fraction of sp³-hybridized carbons (Fsp3) is 0.368. The van der Waals surface area contributed by atoms with E-state index in [1.807, 2.05) is 0 Å². The molecule has 2 aromatic carbocycles. The minimum Gasteiger partial charge on any atom is -0.312 e. The average Bonchev–Trinajstić information content (AvgIpc) is 2.53. The summed E-state index contributed by atoms with van der Waals surface area (Å²) in [5.74, 6) is 0. The molecule has 0 aliphatic heterocycles. The van der Waals surface area contributed by atoms with Crippen LogP contribution in [0.5, 0.6) is 0 Å². The number of rotatable bonds is 5. The quantitative estimate of drug-likeness (QED) is 0.603. The standard InChI is InChI=1S/C19H23N/c1-2-7-16(8-3-1)13-14-20-15-18-11-6-10-17-9-4-5-12-19(17)18/h4-7,9-12,20H,1-3,8,13-15H2. The lowest BCUT2D eigenvalue weighted by Crippen LogP contribution is -2.15. The molecule has 20 heavy (non-hydrogen) atoms. The van der Waals surface area contributed by atoms with Crippen molar-refractivity contribution in [2.24, 2.45) is 0 Å². The molecule has 0 unspecified atom stereocenters. The molecule has 1 nitrogen and oxygen atoms in total. The van der Waals surface area contributed by atoms with Gasteiger partial charge in [-0.1, -0.05) is 54.1 Å². The van der Waals surface area contributed by atoms with E-state index in [1.165, 1.54) is 48.4 Å². The SMILES string of the molecule is C1=C(CCNCc2cccc3ccccc23)CCCC1. The summed E-state index contributed by atoms with van der Waals surface area (Å²) in [6.45, 7) is 2.06. The van der Waals surface area contributed by atoms with Gasteiger partial charge in [0.05, 0.1) is 0 Å². The van der Waals surface area contributed by atoms with Gasteiger partial charge in [0.25, 0.3) is 0 Å². The van der Waals surface area contributed by atoms with E-state index in [9.17, 15) is 0 Å². The zero-order chi connectivity index (χ0) is 13.6. The number of fused-ring (bicyclic) bond motifs is 1. The van der Waals surface area contributed by atoms with Crippen molar-refractivity contribution in [3.63, 3.8) is 0 Å². The molecule has 0 heterocycles. The van der Waals surface area contributed by atoms with Crippen LogP contribution in [0.3, 0.4) is 0 Å². The number of hydrogen-bond donors (Lipinski definition) is 1. The van der Waals surface area contributed by atoms with Crippen LogP contribution in [0.2, 0.25) is 0 Å². The third-order valence-corrected chi connectivity index (χ3v) is 4.20. The Morgan fingerprint density at radius 2 is 1.85 bits per heavy atom. The molecule has 0 atom stereocenters. The zero-order valence-electron chi connectivity index (χ0n) is 12.1. The molecule has 104 valence electrons. The van der Waals surface area contributed by atoms with Crippen LogP contribution in [0.1, 0.15) is 37.7 Å². The van der Waals surface area contributed by atoms with Crippen LogP contribution in [0.25, 0.3) is 10.8 Å². The molecule has 0 saturated heterocycles. The maximum atomic E-state index is 3.60. The van der Waals surface area contributed by atoms with Crippen LogP contribution in [0.15, 0.2) is 54.1 Å². The van der Waals surface area contributed by atoms with Crippen LogP contribution in [-0.2, 0) is 6.54 Å². The predicted octanol–water partition coefficient (Wildman–Crippen LogP) is 4.82. The van der Waals surface area contributed by atoms with E-state index in [4.69, 9.17) is 0 Å². The van der Waals surface area contributed by atoms with Crippen molar-refractivity contribution in [2.75, 3.05) is 6.54 Å². The molecule has 0 radical (unpaired) electrons. The Bertz CT molecular complexity index is 592. The lowest BCUT2D eigenvalue weighted by molar-refractivity contribution is 0.633. The number of benzene rings is 2. The van der Waals surface area contributed by atoms with E-state index in [2.05, 4.69) is 53.9 Å². The maximum absolute atomic E-state index is 3.60. The van der Waals surface area contributed by atoms with E-state index >= 15 is 0 Å². The predicted molar refractivity (Wildman–Crippen MR) is 86.8 cm³/mol. The fourth-order valence-electron chi connectivity index (χ4n) is 3.05. The zero-order valence-corrected chi connectivity index (χ0v) is 12.1. The highest BCUT2D eigenvalue weighted by Crippen LogP contribution is 2.20. The molecule has 0 fully saturated rings. The van der Waals surface area contributed by atoms with Crippen LogP contribution in [0, 0.1) is 0 Å². The van der Waals surface area contributed by atoms with Crippen LogP contribution >= 0.6 is 0 Å². The van der Waals surface area contributed by atoms with Gasteiger partial charge < -0.3 is 5.32 Å². The Kier molecular flexibility index (Phi) is 4.49. The van der Waals surface area contributed by atoms with E-state index < -0.39 is 0 Å². The second-order valence-corrected chi connectivity index (χ2v) is 5.67. The molecular formula is C19H23N. The summed E-state index contributed by atoms with van der Waals surface area (Å²) in [6.07, 6.45) is 9.03. The lowest BCUT2D eigenvalue weighted by atomic mass is 9.97. The largest absolute Gasteiger partial charge is 0.312 e. The number of allylic oxidation sites excluding steroid dienone is 1. The van der Waals surface area contributed by atoms with Gasteiger partial charge in [0.2, 0.25) is 0 Å². The molecule has 0 amide bonds. The highest BCUT2D eigenvalue weighted by Gasteiger charge is 2.03. The summed E-state index contributed by atoms with van der Waals surface area (Å²) in [5.41, 5.74) is 3.06. The Morgan fingerprint density at radius 1 is 0.950 bits per heavy atom. The molecule has 0 spiro atoms. The van der Waals surface area contributed by atoms with Gasteiger partial charge >= 0.3 is 0 Å². The Hall–Kier alpha value is -1.60. The van der Waals surface area contributed by atoms with Crippen molar-refractivity contribution in [1.82, 2.24) is 5.32 Å². The van der Waals surface area contributed by atoms with Gasteiger partial charge in [-0.3, -0.25) is 0 Å². The van der Waals surface area contributed by atoms with Crippen molar-refractivity contribution in [3.8, 4) is 0 Å². The Labute approximate surface area is 121 Å². The van der Waals surface area contributed by atoms with Crippen LogP contribution in [0.4, 0.5) is 0 Å². The first-order chi connectivity index (χ1) is 9.93. The van der Waals surface area contributed by atoms with Gasteiger partial charge in [0, 0.05) is 6.54 Å². The van der Waals surface area contributed by atoms with Crippen molar-refractivity contribution in [3.05, 3.63) is 59.7 Å². The highest BCUT2D eigenvalue weighted by atomic mass is 14.8. The average molecular weight is 265 g/mol. The van der Waals surface area contributed by atoms with Crippen molar-refractivity contribution in [1.29, 1.82) is 0 Å². The normalized spacial score (nSPS) is 15.3. The van der Waals surface area contributed by atoms with Crippen molar-refractivity contribution < 1.29 is 0 Å². The molecule has 0 saturated carbocycles. The smallest absolute Gasteiger partial charge is 0.0211 e. The van der Waals surface area contributed by atoms with Crippen LogP contribution in [-0.4, -0.2) is 6.54 Å². The fourth-order valence-corrected chi connectivity index (χ4v) is 3.05. The Morgan fingerprint density at radius 3 is 2.75 bits per heavy atom. The first-order valence-electron chi connectivity index (χ1n) is 7.79. The van der Waals surface area contributed by atoms with Gasteiger partial charge in [-0.25, -0.2) is 0 Å². The van der Waals surface area contributed by atoms with E-state index in [1.54, 1.807) is 5.57 Å². The molecule has 1 aliphatic rings. The second-order valence-electron chi connectivity index (χ2n) is 5.67. The summed E-state index contributed by atoms with van der Waals surface area (Å²) < 4.78 is 0. The van der Waals surface area contributed by atoms with Gasteiger partial charge in [-0.2, -0.15) is 0 Å². The molecule has 0 bridgehead atoms. The summed E-state index contributed by atoms with van der Waals surface area (Å²) >= 11 is 0. The van der Waals surface area contributed by atoms with Crippen molar-refractivity contribution in [2.45, 2.75) is 38.6 Å². The minimum atomic E-state index is 0.967.